The molecule has 0 spiro atoms. The Hall–Kier alpha value is -5.26. The highest BCUT2D eigenvalue weighted by atomic mass is 16.5. The molecule has 12 heteroatoms. The molecule has 44 heavy (non-hydrogen) atoms. The van der Waals surface area contributed by atoms with Crippen molar-refractivity contribution in [3.05, 3.63) is 76.9 Å². The van der Waals surface area contributed by atoms with Gasteiger partial charge in [-0.1, -0.05) is 6.07 Å². The highest BCUT2D eigenvalue weighted by Gasteiger charge is 2.35. The average molecular weight is 601 g/mol. The Morgan fingerprint density at radius 1 is 0.955 bits per heavy atom. The number of ether oxygens (including phenoxy) is 4. The molecule has 0 unspecified atom stereocenters. The number of hydrogen-bond acceptors (Lipinski definition) is 8. The number of benzene rings is 3. The molecule has 3 aromatic rings. The van der Waals surface area contributed by atoms with E-state index < -0.39 is 12.1 Å². The van der Waals surface area contributed by atoms with Crippen molar-refractivity contribution in [1.29, 1.82) is 0 Å². The van der Waals surface area contributed by atoms with Gasteiger partial charge in [-0.3, -0.25) is 19.2 Å². The molecular formula is C32H32N4O8. The van der Waals surface area contributed by atoms with Gasteiger partial charge >= 0.3 is 0 Å². The van der Waals surface area contributed by atoms with Crippen molar-refractivity contribution >= 4 is 29.3 Å². The zero-order chi connectivity index (χ0) is 30.8. The van der Waals surface area contributed by atoms with Gasteiger partial charge in [-0.15, -0.1) is 0 Å². The summed E-state index contributed by atoms with van der Waals surface area (Å²) < 4.78 is 23.2. The molecule has 2 atom stereocenters. The zero-order valence-electron chi connectivity index (χ0n) is 24.3. The van der Waals surface area contributed by atoms with Crippen molar-refractivity contribution in [2.75, 3.05) is 38.7 Å². The van der Waals surface area contributed by atoms with Crippen molar-refractivity contribution in [3.63, 3.8) is 0 Å². The van der Waals surface area contributed by atoms with E-state index in [9.17, 15) is 19.2 Å². The van der Waals surface area contributed by atoms with Gasteiger partial charge in [0.25, 0.3) is 23.6 Å². The lowest BCUT2D eigenvalue weighted by atomic mass is 9.99. The molecule has 3 aromatic carbocycles. The Balaban J connectivity index is 1.29. The first kappa shape index (κ1) is 28.8. The number of rotatable bonds is 2. The van der Waals surface area contributed by atoms with Crippen LogP contribution in [0.2, 0.25) is 0 Å². The van der Waals surface area contributed by atoms with Gasteiger partial charge in [-0.05, 0) is 55.0 Å². The molecule has 3 N–H and O–H groups in total. The highest BCUT2D eigenvalue weighted by Crippen LogP contribution is 2.31. The third-order valence-corrected chi connectivity index (χ3v) is 7.85. The van der Waals surface area contributed by atoms with Crippen LogP contribution in [-0.4, -0.2) is 74.1 Å². The number of amides is 4. The second-order valence-electron chi connectivity index (χ2n) is 10.8. The average Bonchev–Trinajstić information content (AvgIpc) is 3.03. The van der Waals surface area contributed by atoms with E-state index in [1.54, 1.807) is 60.5 Å². The number of nitrogens with one attached hydrogen (secondary N) is 3. The lowest BCUT2D eigenvalue weighted by Gasteiger charge is -2.39. The fourth-order valence-electron chi connectivity index (χ4n) is 5.44. The van der Waals surface area contributed by atoms with Gasteiger partial charge in [-0.25, -0.2) is 0 Å². The maximum atomic E-state index is 13.6. The molecule has 4 aliphatic rings. The number of piperidine rings is 1. The first-order chi connectivity index (χ1) is 21.3. The molecule has 4 heterocycles. The van der Waals surface area contributed by atoms with E-state index in [0.717, 1.165) is 11.1 Å². The number of aryl methyl sites for hydroxylation is 1. The van der Waals surface area contributed by atoms with Gasteiger partial charge in [0.05, 0.1) is 18.8 Å². The molecule has 1 fully saturated rings. The van der Waals surface area contributed by atoms with E-state index in [2.05, 4.69) is 16.0 Å². The van der Waals surface area contributed by atoms with E-state index in [0.29, 0.717) is 52.8 Å². The normalized spacial score (nSPS) is 19.9. The second kappa shape index (κ2) is 12.2. The summed E-state index contributed by atoms with van der Waals surface area (Å²) in [4.78, 5) is 53.0. The van der Waals surface area contributed by atoms with E-state index in [1.165, 1.54) is 0 Å². The topological polar surface area (TPSA) is 145 Å². The molecule has 228 valence electrons. The van der Waals surface area contributed by atoms with Crippen molar-refractivity contribution in [2.45, 2.75) is 32.0 Å². The number of carbonyl (C=O) groups is 4. The fraction of sp³-hybridized carbons (Fsp3) is 0.312. The van der Waals surface area contributed by atoms with E-state index in [-0.39, 0.29) is 49.9 Å². The molecule has 0 aliphatic carbocycles. The molecule has 0 aromatic heterocycles. The van der Waals surface area contributed by atoms with Crippen molar-refractivity contribution in [2.24, 2.45) is 0 Å². The minimum Gasteiger partial charge on any atom is -0.496 e. The van der Waals surface area contributed by atoms with Crippen LogP contribution in [0.25, 0.3) is 0 Å². The molecular weight excluding hydrogens is 568 g/mol. The third kappa shape index (κ3) is 6.10. The van der Waals surface area contributed by atoms with Crippen LogP contribution in [0.5, 0.6) is 23.0 Å². The van der Waals surface area contributed by atoms with Gasteiger partial charge in [0, 0.05) is 48.8 Å². The molecule has 12 nitrogen and oxygen atoms in total. The van der Waals surface area contributed by atoms with Crippen LogP contribution in [-0.2, 0) is 16.1 Å². The number of fused-ring (bicyclic) bond motifs is 8. The van der Waals surface area contributed by atoms with Gasteiger partial charge in [0.2, 0.25) is 0 Å². The van der Waals surface area contributed by atoms with E-state index in [4.69, 9.17) is 18.9 Å². The maximum absolute atomic E-state index is 13.6. The number of likely N-dealkylation sites (tertiary alicyclic amines) is 1. The highest BCUT2D eigenvalue weighted by molar-refractivity contribution is 5.99. The quantitative estimate of drug-likeness (QED) is 0.407. The Morgan fingerprint density at radius 2 is 1.77 bits per heavy atom. The predicted molar refractivity (Wildman–Crippen MR) is 158 cm³/mol. The Kier molecular flexibility index (Phi) is 7.97. The van der Waals surface area contributed by atoms with Gasteiger partial charge in [0.15, 0.2) is 13.2 Å². The van der Waals surface area contributed by atoms with Gasteiger partial charge in [0.1, 0.15) is 29.1 Å². The molecule has 4 amide bonds. The summed E-state index contributed by atoms with van der Waals surface area (Å²) in [6, 6.07) is 14.7. The van der Waals surface area contributed by atoms with E-state index >= 15 is 0 Å². The van der Waals surface area contributed by atoms with Crippen LogP contribution in [0.1, 0.15) is 38.3 Å². The number of carbonyl (C=O) groups excluding carboxylic acids is 4. The Labute approximate surface area is 253 Å². The smallest absolute Gasteiger partial charge is 0.262 e. The summed E-state index contributed by atoms with van der Waals surface area (Å²) in [5.74, 6) is 0.717. The SMILES string of the molecule is COc1cc2ccc1CNC(=O)COc1cc(ccc1C)C(=O)N[C@H]1CN(C(=O)c3ccc4c(c3)OCC(=O)N4)CC[C@H]1O2. The van der Waals surface area contributed by atoms with Crippen LogP contribution >= 0.6 is 0 Å². The minimum absolute atomic E-state index is 0.119. The molecule has 4 aliphatic heterocycles. The maximum Gasteiger partial charge on any atom is 0.262 e. The number of methoxy groups -OCH3 is 1. The van der Waals surface area contributed by atoms with Crippen LogP contribution in [0.4, 0.5) is 5.69 Å². The molecule has 0 saturated carbocycles. The molecule has 7 rings (SSSR count). The zero-order valence-corrected chi connectivity index (χ0v) is 24.3. The van der Waals surface area contributed by atoms with Crippen LogP contribution < -0.4 is 34.9 Å². The predicted octanol–water partition coefficient (Wildman–Crippen LogP) is 2.44. The summed E-state index contributed by atoms with van der Waals surface area (Å²) >= 11 is 0. The van der Waals surface area contributed by atoms with Crippen molar-refractivity contribution in [3.8, 4) is 23.0 Å². The summed E-state index contributed by atoms with van der Waals surface area (Å²) in [5, 5.41) is 8.62. The lowest BCUT2D eigenvalue weighted by molar-refractivity contribution is -0.123. The summed E-state index contributed by atoms with van der Waals surface area (Å²) in [6.07, 6.45) is -0.0199. The fourth-order valence-corrected chi connectivity index (χ4v) is 5.44. The standard InChI is InChI=1S/C32H32N4O8/c1-18-3-4-19-11-26(18)42-16-29(37)33-14-21-5-7-22(13-27(21)41-2)44-25-9-10-36(15-24(25)35-31(19)39)32(40)20-6-8-23-28(12-20)43-17-30(38)34-23/h3-8,11-13,24-25H,9-10,14-17H2,1-2H3,(H,33,37)(H,34,38)(H,35,39)/t24-,25+/m0/s1. The number of nitrogens with zero attached hydrogens (tertiary/aromatic N) is 1. The Morgan fingerprint density at radius 3 is 2.61 bits per heavy atom. The van der Waals surface area contributed by atoms with Crippen LogP contribution in [0.3, 0.4) is 0 Å². The number of hydrogen-bond donors (Lipinski definition) is 3. The van der Waals surface area contributed by atoms with E-state index in [1.807, 2.05) is 13.0 Å². The Bertz CT molecular complexity index is 1640. The molecule has 1 saturated heterocycles. The summed E-state index contributed by atoms with van der Waals surface area (Å²) in [5.41, 5.74) is 2.78. The minimum atomic E-state index is -0.566. The summed E-state index contributed by atoms with van der Waals surface area (Å²) in [7, 11) is 1.54. The third-order valence-electron chi connectivity index (χ3n) is 7.85. The second-order valence-corrected chi connectivity index (χ2v) is 10.8. The lowest BCUT2D eigenvalue weighted by Crippen LogP contribution is -2.58. The largest absolute Gasteiger partial charge is 0.496 e. The van der Waals surface area contributed by atoms with Crippen LogP contribution in [0, 0.1) is 6.92 Å². The van der Waals surface area contributed by atoms with Gasteiger partial charge < -0.3 is 39.8 Å². The first-order valence-electron chi connectivity index (χ1n) is 14.3. The van der Waals surface area contributed by atoms with Crippen LogP contribution in [0.15, 0.2) is 54.6 Å². The molecule has 0 radical (unpaired) electrons. The van der Waals surface area contributed by atoms with Crippen molar-refractivity contribution < 1.29 is 38.1 Å². The van der Waals surface area contributed by atoms with Gasteiger partial charge in [-0.2, -0.15) is 0 Å². The van der Waals surface area contributed by atoms with Crippen molar-refractivity contribution in [1.82, 2.24) is 15.5 Å². The number of anilines is 1. The summed E-state index contributed by atoms with van der Waals surface area (Å²) in [6.45, 7) is 2.29. The molecule has 4 bridgehead atoms. The first-order valence-corrected chi connectivity index (χ1v) is 14.3. The monoisotopic (exact) mass is 600 g/mol.